The van der Waals surface area contributed by atoms with Gasteiger partial charge in [-0.3, -0.25) is 4.79 Å². The van der Waals surface area contributed by atoms with E-state index in [1.165, 1.54) is 12.8 Å². The molecule has 0 unspecified atom stereocenters. The van der Waals surface area contributed by atoms with Gasteiger partial charge >= 0.3 is 0 Å². The molecule has 0 atom stereocenters. The first kappa shape index (κ1) is 23.4. The number of carbonyl (C=O) groups is 1. The molecule has 0 aliphatic heterocycles. The third kappa shape index (κ3) is 7.45. The summed E-state index contributed by atoms with van der Waals surface area (Å²) in [5.74, 6) is -0.235. The molecule has 1 aliphatic rings. The summed E-state index contributed by atoms with van der Waals surface area (Å²) < 4.78 is 5.14. The third-order valence-electron chi connectivity index (χ3n) is 5.97. The smallest absolute Gasteiger partial charge is 0.293 e. The molecule has 0 bridgehead atoms. The largest absolute Gasteiger partial charge is 0.508 e. The SMILES string of the molecule is CC(C)(C)CCCCCCc1c(O)cc(CCCCC2(OC=O)CC2)c(O)c1O. The van der Waals surface area contributed by atoms with Crippen LogP contribution in [0.2, 0.25) is 0 Å². The number of benzene rings is 1. The molecule has 1 aliphatic carbocycles. The van der Waals surface area contributed by atoms with Crippen molar-refractivity contribution in [2.75, 3.05) is 0 Å². The topological polar surface area (TPSA) is 87.0 Å². The van der Waals surface area contributed by atoms with Crippen LogP contribution >= 0.6 is 0 Å². The van der Waals surface area contributed by atoms with Crippen molar-refractivity contribution >= 4 is 6.47 Å². The molecule has 1 aromatic carbocycles. The zero-order valence-electron chi connectivity index (χ0n) is 18.3. The summed E-state index contributed by atoms with van der Waals surface area (Å²) in [6, 6.07) is 1.58. The average molecular weight is 407 g/mol. The van der Waals surface area contributed by atoms with E-state index in [0.717, 1.165) is 51.4 Å². The van der Waals surface area contributed by atoms with Crippen LogP contribution in [0.1, 0.15) is 96.1 Å². The summed E-state index contributed by atoms with van der Waals surface area (Å²) >= 11 is 0. The van der Waals surface area contributed by atoms with Crippen LogP contribution in [-0.4, -0.2) is 27.4 Å². The molecule has 5 heteroatoms. The molecular weight excluding hydrogens is 368 g/mol. The fourth-order valence-electron chi connectivity index (χ4n) is 3.92. The molecule has 0 spiro atoms. The van der Waals surface area contributed by atoms with Gasteiger partial charge in [0.15, 0.2) is 11.5 Å². The number of rotatable bonds is 13. The van der Waals surface area contributed by atoms with Gasteiger partial charge in [-0.05, 0) is 69.3 Å². The van der Waals surface area contributed by atoms with E-state index in [1.54, 1.807) is 6.07 Å². The molecule has 1 saturated carbocycles. The predicted molar refractivity (Wildman–Crippen MR) is 114 cm³/mol. The van der Waals surface area contributed by atoms with Gasteiger partial charge in [-0.2, -0.15) is 0 Å². The highest BCUT2D eigenvalue weighted by molar-refractivity contribution is 5.56. The van der Waals surface area contributed by atoms with E-state index in [-0.39, 0.29) is 22.8 Å². The molecule has 0 saturated heterocycles. The van der Waals surface area contributed by atoms with E-state index in [4.69, 9.17) is 4.74 Å². The number of aryl methyl sites for hydroxylation is 1. The van der Waals surface area contributed by atoms with E-state index in [9.17, 15) is 20.1 Å². The molecule has 29 heavy (non-hydrogen) atoms. The Kier molecular flexibility index (Phi) is 8.23. The maximum absolute atomic E-state index is 10.5. The van der Waals surface area contributed by atoms with Gasteiger partial charge in [-0.15, -0.1) is 0 Å². The zero-order chi connectivity index (χ0) is 21.5. The molecule has 1 fully saturated rings. The summed E-state index contributed by atoms with van der Waals surface area (Å²) in [7, 11) is 0. The van der Waals surface area contributed by atoms with Gasteiger partial charge < -0.3 is 20.1 Å². The van der Waals surface area contributed by atoms with Gasteiger partial charge in [0.2, 0.25) is 0 Å². The predicted octanol–water partition coefficient (Wildman–Crippen LogP) is 5.76. The summed E-state index contributed by atoms with van der Waals surface area (Å²) in [4.78, 5) is 10.5. The number of hydrogen-bond donors (Lipinski definition) is 3. The molecule has 0 aromatic heterocycles. The van der Waals surface area contributed by atoms with Crippen LogP contribution in [0.4, 0.5) is 0 Å². The number of carbonyl (C=O) groups excluding carboxylic acids is 1. The van der Waals surface area contributed by atoms with Crippen LogP contribution in [0, 0.1) is 5.41 Å². The van der Waals surface area contributed by atoms with Crippen molar-refractivity contribution in [2.24, 2.45) is 5.41 Å². The lowest BCUT2D eigenvalue weighted by Gasteiger charge is -2.17. The van der Waals surface area contributed by atoms with Crippen molar-refractivity contribution in [3.63, 3.8) is 0 Å². The van der Waals surface area contributed by atoms with Crippen LogP contribution in [0.15, 0.2) is 6.07 Å². The second kappa shape index (κ2) is 10.2. The maximum Gasteiger partial charge on any atom is 0.293 e. The van der Waals surface area contributed by atoms with Crippen LogP contribution in [0.5, 0.6) is 17.2 Å². The van der Waals surface area contributed by atoms with E-state index >= 15 is 0 Å². The second-order valence-corrected chi connectivity index (χ2v) is 9.81. The number of phenols is 3. The summed E-state index contributed by atoms with van der Waals surface area (Å²) in [6.07, 6.45) is 10.9. The Hall–Kier alpha value is -1.91. The molecule has 1 aromatic rings. The van der Waals surface area contributed by atoms with Crippen LogP contribution in [0.25, 0.3) is 0 Å². The first-order valence-corrected chi connectivity index (χ1v) is 11.0. The molecule has 0 radical (unpaired) electrons. The molecular formula is C24H38O5. The Labute approximate surface area is 175 Å². The summed E-state index contributed by atoms with van der Waals surface area (Å²) in [5.41, 5.74) is 1.11. The van der Waals surface area contributed by atoms with Crippen LogP contribution in [0.3, 0.4) is 0 Å². The van der Waals surface area contributed by atoms with E-state index in [2.05, 4.69) is 20.8 Å². The highest BCUT2D eigenvalue weighted by Gasteiger charge is 2.44. The minimum atomic E-state index is -0.259. The maximum atomic E-state index is 10.5. The zero-order valence-corrected chi connectivity index (χ0v) is 18.3. The Balaban J connectivity index is 1.78. The average Bonchev–Trinajstić information content (AvgIpc) is 3.40. The quantitative estimate of drug-likeness (QED) is 0.168. The van der Waals surface area contributed by atoms with Crippen molar-refractivity contribution in [3.05, 3.63) is 17.2 Å². The molecule has 3 N–H and O–H groups in total. The highest BCUT2D eigenvalue weighted by Crippen LogP contribution is 2.44. The monoisotopic (exact) mass is 406 g/mol. The van der Waals surface area contributed by atoms with Gasteiger partial charge in [0, 0.05) is 11.1 Å². The van der Waals surface area contributed by atoms with E-state index in [1.807, 2.05) is 0 Å². The Morgan fingerprint density at radius 2 is 1.62 bits per heavy atom. The fourth-order valence-corrected chi connectivity index (χ4v) is 3.92. The Morgan fingerprint density at radius 1 is 0.966 bits per heavy atom. The standard InChI is InChI=1S/C24H38O5/c1-23(2,3)12-8-5-4-6-11-19-20(26)16-18(21(27)22(19)28)10-7-9-13-24(14-15-24)29-17-25/h16-17,26-28H,4-15H2,1-3H3. The molecule has 2 rings (SSSR count). The van der Waals surface area contributed by atoms with Crippen LogP contribution < -0.4 is 0 Å². The van der Waals surface area contributed by atoms with Crippen molar-refractivity contribution in [2.45, 2.75) is 103 Å². The molecule has 0 heterocycles. The lowest BCUT2D eigenvalue weighted by atomic mass is 9.89. The van der Waals surface area contributed by atoms with Crippen molar-refractivity contribution in [1.29, 1.82) is 0 Å². The molecule has 5 nitrogen and oxygen atoms in total. The first-order valence-electron chi connectivity index (χ1n) is 11.0. The Bertz CT molecular complexity index is 671. The number of phenolic OH excluding ortho intramolecular Hbond substituents is 3. The fraction of sp³-hybridized carbons (Fsp3) is 0.708. The van der Waals surface area contributed by atoms with Gasteiger partial charge in [-0.1, -0.05) is 40.0 Å². The minimum Gasteiger partial charge on any atom is -0.508 e. The minimum absolute atomic E-state index is 0.0629. The number of unbranched alkanes of at least 4 members (excludes halogenated alkanes) is 4. The lowest BCUT2D eigenvalue weighted by molar-refractivity contribution is -0.135. The van der Waals surface area contributed by atoms with Crippen molar-refractivity contribution < 1.29 is 24.9 Å². The molecule has 0 amide bonds. The van der Waals surface area contributed by atoms with Crippen LogP contribution in [-0.2, 0) is 22.4 Å². The summed E-state index contributed by atoms with van der Waals surface area (Å²) in [6.45, 7) is 7.27. The van der Waals surface area contributed by atoms with Gasteiger partial charge in [0.1, 0.15) is 11.4 Å². The third-order valence-corrected chi connectivity index (χ3v) is 5.97. The van der Waals surface area contributed by atoms with Crippen molar-refractivity contribution in [3.8, 4) is 17.2 Å². The number of aromatic hydroxyl groups is 3. The second-order valence-electron chi connectivity index (χ2n) is 9.81. The summed E-state index contributed by atoms with van der Waals surface area (Å²) in [5, 5.41) is 31.1. The normalized spacial score (nSPS) is 15.3. The van der Waals surface area contributed by atoms with E-state index < -0.39 is 0 Å². The van der Waals surface area contributed by atoms with Crippen molar-refractivity contribution in [1.82, 2.24) is 0 Å². The Morgan fingerprint density at radius 3 is 2.24 bits per heavy atom. The van der Waals surface area contributed by atoms with Gasteiger partial charge in [0.25, 0.3) is 6.47 Å². The molecule has 164 valence electrons. The number of hydrogen-bond acceptors (Lipinski definition) is 5. The number of ether oxygens (including phenoxy) is 1. The first-order chi connectivity index (χ1) is 13.7. The van der Waals surface area contributed by atoms with Gasteiger partial charge in [-0.25, -0.2) is 0 Å². The van der Waals surface area contributed by atoms with Gasteiger partial charge in [0.05, 0.1) is 0 Å². The van der Waals surface area contributed by atoms with E-state index in [0.29, 0.717) is 35.9 Å². The lowest BCUT2D eigenvalue weighted by Crippen LogP contribution is -2.12. The highest BCUT2D eigenvalue weighted by atomic mass is 16.5.